The molecule has 2 rings (SSSR count). The first-order valence-electron chi connectivity index (χ1n) is 7.40. The van der Waals surface area contributed by atoms with Crippen molar-refractivity contribution in [3.05, 3.63) is 29.3 Å². The first-order chi connectivity index (χ1) is 11.8. The zero-order chi connectivity index (χ0) is 18.6. The van der Waals surface area contributed by atoms with Crippen LogP contribution in [0.2, 0.25) is 5.02 Å². The molecule has 5 N–H and O–H groups in total. The minimum atomic E-state index is -1.80. The number of aliphatic hydroxyl groups is 4. The molecule has 6 atom stereocenters. The lowest BCUT2D eigenvalue weighted by molar-refractivity contribution is -0.297. The van der Waals surface area contributed by atoms with E-state index in [4.69, 9.17) is 30.9 Å². The number of carboxylic acids is 1. The van der Waals surface area contributed by atoms with E-state index in [0.29, 0.717) is 10.8 Å². The number of rotatable bonds is 7. The fourth-order valence-corrected chi connectivity index (χ4v) is 2.29. The summed E-state index contributed by atoms with van der Waals surface area (Å²) in [6.07, 6.45) is -9.63. The van der Waals surface area contributed by atoms with Gasteiger partial charge in [-0.2, -0.15) is 0 Å². The molecule has 1 aliphatic rings. The highest BCUT2D eigenvalue weighted by atomic mass is 35.5. The molecule has 1 heterocycles. The van der Waals surface area contributed by atoms with Gasteiger partial charge in [-0.25, -0.2) is 4.79 Å². The fraction of sp³-hybridized carbons (Fsp3) is 0.533. The third-order valence-electron chi connectivity index (χ3n) is 3.52. The number of carbonyl (C=O) groups is 1. The summed E-state index contributed by atoms with van der Waals surface area (Å²) in [5, 5.41) is 48.3. The van der Waals surface area contributed by atoms with Crippen LogP contribution in [0.25, 0.3) is 0 Å². The Labute approximate surface area is 147 Å². The predicted octanol–water partition coefficient (Wildman–Crippen LogP) is -1.01. The molecule has 0 bridgehead atoms. The molecule has 0 aromatic heterocycles. The molecule has 10 heteroatoms. The van der Waals surface area contributed by atoms with Gasteiger partial charge in [0.15, 0.2) is 12.4 Å². The zero-order valence-electron chi connectivity index (χ0n) is 12.9. The van der Waals surface area contributed by atoms with Crippen LogP contribution in [0, 0.1) is 0 Å². The normalized spacial score (nSPS) is 30.7. The molecule has 25 heavy (non-hydrogen) atoms. The van der Waals surface area contributed by atoms with Crippen LogP contribution in [-0.2, 0) is 14.3 Å². The van der Waals surface area contributed by atoms with Gasteiger partial charge >= 0.3 is 5.97 Å². The van der Waals surface area contributed by atoms with Gasteiger partial charge in [0, 0.05) is 5.02 Å². The van der Waals surface area contributed by atoms with Gasteiger partial charge in [-0.05, 0) is 24.3 Å². The van der Waals surface area contributed by atoms with Gasteiger partial charge in [0.2, 0.25) is 0 Å². The van der Waals surface area contributed by atoms with E-state index in [0.717, 1.165) is 0 Å². The van der Waals surface area contributed by atoms with Crippen molar-refractivity contribution in [2.75, 3.05) is 13.2 Å². The summed E-state index contributed by atoms with van der Waals surface area (Å²) in [7, 11) is 0. The molecular formula is C15H19ClO9. The summed E-state index contributed by atoms with van der Waals surface area (Å²) in [5.41, 5.74) is 0. The molecule has 0 saturated carbocycles. The van der Waals surface area contributed by atoms with Crippen molar-refractivity contribution in [1.29, 1.82) is 0 Å². The maximum absolute atomic E-state index is 11.0. The quantitative estimate of drug-likeness (QED) is 0.402. The maximum atomic E-state index is 11.0. The Balaban J connectivity index is 1.82. The maximum Gasteiger partial charge on any atom is 0.335 e. The van der Waals surface area contributed by atoms with Crippen LogP contribution in [0.5, 0.6) is 5.75 Å². The van der Waals surface area contributed by atoms with Crippen LogP contribution in [0.3, 0.4) is 0 Å². The minimum Gasteiger partial charge on any atom is -0.491 e. The number of carboxylic acid groups (broad SMARTS) is 1. The zero-order valence-corrected chi connectivity index (χ0v) is 13.7. The molecular weight excluding hydrogens is 360 g/mol. The van der Waals surface area contributed by atoms with Crippen LogP contribution < -0.4 is 4.74 Å². The topological polar surface area (TPSA) is 146 Å². The van der Waals surface area contributed by atoms with Crippen molar-refractivity contribution >= 4 is 17.6 Å². The van der Waals surface area contributed by atoms with Gasteiger partial charge in [-0.1, -0.05) is 11.6 Å². The molecule has 0 radical (unpaired) electrons. The summed E-state index contributed by atoms with van der Waals surface area (Å²) in [5.74, 6) is -1.04. The highest BCUT2D eigenvalue weighted by molar-refractivity contribution is 6.30. The summed E-state index contributed by atoms with van der Waals surface area (Å²) >= 11 is 5.74. The monoisotopic (exact) mass is 378 g/mol. The first kappa shape index (κ1) is 19.9. The highest BCUT2D eigenvalue weighted by Crippen LogP contribution is 2.22. The van der Waals surface area contributed by atoms with Crippen molar-refractivity contribution in [2.24, 2.45) is 0 Å². The van der Waals surface area contributed by atoms with E-state index in [9.17, 15) is 25.2 Å². The van der Waals surface area contributed by atoms with E-state index in [1.165, 1.54) is 0 Å². The van der Waals surface area contributed by atoms with Gasteiger partial charge < -0.3 is 39.7 Å². The van der Waals surface area contributed by atoms with Crippen molar-refractivity contribution < 1.29 is 44.5 Å². The van der Waals surface area contributed by atoms with Gasteiger partial charge in [-0.15, -0.1) is 0 Å². The lowest BCUT2D eigenvalue weighted by Gasteiger charge is -2.38. The Morgan fingerprint density at radius 1 is 1.12 bits per heavy atom. The van der Waals surface area contributed by atoms with Crippen LogP contribution in [-0.4, -0.2) is 81.5 Å². The number of halogens is 1. The molecule has 0 amide bonds. The van der Waals surface area contributed by atoms with Crippen molar-refractivity contribution in [1.82, 2.24) is 0 Å². The van der Waals surface area contributed by atoms with Crippen LogP contribution in [0.1, 0.15) is 0 Å². The number of aliphatic carboxylic acids is 1. The number of aliphatic hydroxyl groups excluding tert-OH is 4. The van der Waals surface area contributed by atoms with E-state index < -0.39 is 42.8 Å². The van der Waals surface area contributed by atoms with Crippen molar-refractivity contribution in [3.8, 4) is 5.75 Å². The van der Waals surface area contributed by atoms with Gasteiger partial charge in [0.1, 0.15) is 36.8 Å². The summed E-state index contributed by atoms with van der Waals surface area (Å²) in [6, 6.07) is 6.45. The molecule has 0 aliphatic carbocycles. The van der Waals surface area contributed by atoms with E-state index in [2.05, 4.69) is 0 Å². The van der Waals surface area contributed by atoms with Gasteiger partial charge in [-0.3, -0.25) is 0 Å². The Morgan fingerprint density at radius 2 is 1.76 bits per heavy atom. The second kappa shape index (κ2) is 8.77. The molecule has 0 spiro atoms. The van der Waals surface area contributed by atoms with E-state index in [1.807, 2.05) is 0 Å². The molecule has 1 fully saturated rings. The third-order valence-corrected chi connectivity index (χ3v) is 3.77. The van der Waals surface area contributed by atoms with Crippen molar-refractivity contribution in [3.63, 3.8) is 0 Å². The number of hydrogen-bond donors (Lipinski definition) is 5. The Morgan fingerprint density at radius 3 is 2.36 bits per heavy atom. The fourth-order valence-electron chi connectivity index (χ4n) is 2.17. The molecule has 1 aromatic carbocycles. The van der Waals surface area contributed by atoms with E-state index >= 15 is 0 Å². The molecule has 1 aromatic rings. The molecule has 140 valence electrons. The van der Waals surface area contributed by atoms with E-state index in [1.54, 1.807) is 24.3 Å². The smallest absolute Gasteiger partial charge is 0.335 e. The highest BCUT2D eigenvalue weighted by Gasteiger charge is 2.47. The molecule has 1 aliphatic heterocycles. The third kappa shape index (κ3) is 5.25. The van der Waals surface area contributed by atoms with Gasteiger partial charge in [0.05, 0.1) is 6.61 Å². The molecule has 1 saturated heterocycles. The first-order valence-corrected chi connectivity index (χ1v) is 7.78. The molecule has 1 unspecified atom stereocenters. The second-order valence-electron chi connectivity index (χ2n) is 5.49. The average molecular weight is 379 g/mol. The Kier molecular flexibility index (Phi) is 6.96. The summed E-state index contributed by atoms with van der Waals surface area (Å²) < 4.78 is 15.3. The van der Waals surface area contributed by atoms with Gasteiger partial charge in [0.25, 0.3) is 0 Å². The number of ether oxygens (including phenoxy) is 3. The number of benzene rings is 1. The largest absolute Gasteiger partial charge is 0.491 e. The second-order valence-corrected chi connectivity index (χ2v) is 5.92. The Bertz CT molecular complexity index is 567. The predicted molar refractivity (Wildman–Crippen MR) is 83.2 cm³/mol. The summed E-state index contributed by atoms with van der Waals surface area (Å²) in [4.78, 5) is 11.0. The molecule has 9 nitrogen and oxygen atoms in total. The Hall–Kier alpha value is -1.46. The lowest BCUT2D eigenvalue weighted by Crippen LogP contribution is -2.60. The van der Waals surface area contributed by atoms with Crippen LogP contribution >= 0.6 is 11.6 Å². The average Bonchev–Trinajstić information content (AvgIpc) is 2.58. The standard InChI is InChI=1S/C15H19ClO9/c16-7-1-3-9(4-2-7)23-5-8(17)6-24-15-12(20)10(18)11(19)13(25-15)14(21)22/h1-4,8,10-13,15,17-20H,5-6H2,(H,21,22)/t8?,10-,11-,12+,13-,15+/m0/s1. The van der Waals surface area contributed by atoms with E-state index in [-0.39, 0.29) is 13.2 Å². The van der Waals surface area contributed by atoms with Crippen LogP contribution in [0.15, 0.2) is 24.3 Å². The number of hydrogen-bond acceptors (Lipinski definition) is 8. The SMILES string of the molecule is O=C(O)[C@H]1O[C@@H](OCC(O)COc2ccc(Cl)cc2)[C@H](O)[C@@H](O)[C@@H]1O. The van der Waals surface area contributed by atoms with Crippen molar-refractivity contribution in [2.45, 2.75) is 36.8 Å². The summed E-state index contributed by atoms with van der Waals surface area (Å²) in [6.45, 7) is -0.498. The lowest BCUT2D eigenvalue weighted by atomic mass is 9.99. The van der Waals surface area contributed by atoms with Crippen LogP contribution in [0.4, 0.5) is 0 Å². The minimum absolute atomic E-state index is 0.141.